The Kier molecular flexibility index (Phi) is 16.2. The third-order valence-electron chi connectivity index (χ3n) is 11.6. The summed E-state index contributed by atoms with van der Waals surface area (Å²) in [6, 6.07) is 73.0. The summed E-state index contributed by atoms with van der Waals surface area (Å²) < 4.78 is 4.72. The zero-order chi connectivity index (χ0) is 47.0. The van der Waals surface area contributed by atoms with Gasteiger partial charge in [-0.05, 0) is 114 Å². The lowest BCUT2D eigenvalue weighted by atomic mass is 9.97. The molecule has 3 heteroatoms. The van der Waals surface area contributed by atoms with E-state index in [1.807, 2.05) is 101 Å². The lowest BCUT2D eigenvalue weighted by Gasteiger charge is -2.13. The van der Waals surface area contributed by atoms with Gasteiger partial charge in [-0.25, -0.2) is 0 Å². The standard InChI is InChI=1S/C49H33N3.C6H6.C5H8.2C2H6/c50-32-33-9-8-12-41(29-33)52-47-16-7-5-14-43(47)45-31-39(24-28-49(45)52)37-19-17-36(18-20-37)38-23-27-48-44(30-38)42-13-4-6-15-46(42)51(48)40-25-21-35(22-26-40)34-10-2-1-3-11-34;1-2-4-6-5-3-1;1-3-5-4-2;2*1-2/h1-6,8-15,17-31H,7,16H2;1-6H;3-5H,1H2,2H3;2*1-2H3/b;;5-4-;;. The molecule has 1 aliphatic carbocycles. The second kappa shape index (κ2) is 23.1. The molecular weight excluding hydrogens is 811 g/mol. The first-order chi connectivity index (χ1) is 33.1. The largest absolute Gasteiger partial charge is 0.313 e. The highest BCUT2D eigenvalue weighted by molar-refractivity contribution is 6.10. The highest BCUT2D eigenvalue weighted by Gasteiger charge is 2.20. The van der Waals surface area contributed by atoms with Crippen LogP contribution in [0.15, 0.2) is 231 Å². The predicted molar refractivity (Wildman–Crippen MR) is 290 cm³/mol. The van der Waals surface area contributed by atoms with E-state index in [9.17, 15) is 5.26 Å². The molecule has 3 nitrogen and oxygen atoms in total. The van der Waals surface area contributed by atoms with Gasteiger partial charge < -0.3 is 9.13 Å². The van der Waals surface area contributed by atoms with Crippen LogP contribution in [0.2, 0.25) is 0 Å². The van der Waals surface area contributed by atoms with Gasteiger partial charge in [-0.3, -0.25) is 0 Å². The van der Waals surface area contributed by atoms with Crippen molar-refractivity contribution in [2.24, 2.45) is 0 Å². The van der Waals surface area contributed by atoms with Gasteiger partial charge in [0.2, 0.25) is 0 Å². The van der Waals surface area contributed by atoms with E-state index in [2.05, 4.69) is 180 Å². The summed E-state index contributed by atoms with van der Waals surface area (Å²) in [4.78, 5) is 0. The number of rotatable bonds is 6. The predicted octanol–water partition coefficient (Wildman–Crippen LogP) is 18.0. The Morgan fingerprint density at radius 3 is 1.58 bits per heavy atom. The molecule has 0 N–H and O–H groups in total. The molecule has 0 radical (unpaired) electrons. The molecule has 0 saturated carbocycles. The van der Waals surface area contributed by atoms with Gasteiger partial charge in [0.1, 0.15) is 0 Å². The van der Waals surface area contributed by atoms with E-state index in [0.29, 0.717) is 5.56 Å². The van der Waals surface area contributed by atoms with Gasteiger partial charge in [-0.2, -0.15) is 5.26 Å². The molecule has 67 heavy (non-hydrogen) atoms. The van der Waals surface area contributed by atoms with E-state index in [4.69, 9.17) is 0 Å². The van der Waals surface area contributed by atoms with Crippen molar-refractivity contribution < 1.29 is 0 Å². The summed E-state index contributed by atoms with van der Waals surface area (Å²) >= 11 is 0. The molecule has 0 amide bonds. The fourth-order valence-electron chi connectivity index (χ4n) is 8.65. The van der Waals surface area contributed by atoms with Crippen molar-refractivity contribution in [3.05, 3.63) is 248 Å². The molecule has 11 rings (SSSR count). The molecule has 0 spiro atoms. The van der Waals surface area contributed by atoms with E-state index in [1.54, 1.807) is 6.08 Å². The zero-order valence-electron chi connectivity index (χ0n) is 39.4. The monoisotopic (exact) mass is 869 g/mol. The van der Waals surface area contributed by atoms with Crippen molar-refractivity contribution >= 4 is 38.8 Å². The molecular formula is C64H59N3. The van der Waals surface area contributed by atoms with E-state index in [-0.39, 0.29) is 0 Å². The minimum atomic E-state index is 0.676. The summed E-state index contributed by atoms with van der Waals surface area (Å²) in [6.07, 6.45) is 12.1. The Labute approximate surface area is 397 Å². The summed E-state index contributed by atoms with van der Waals surface area (Å²) in [7, 11) is 0. The number of benzene rings is 8. The van der Waals surface area contributed by atoms with Gasteiger partial charge in [0.15, 0.2) is 0 Å². The first-order valence-corrected chi connectivity index (χ1v) is 23.5. The molecule has 0 bridgehead atoms. The van der Waals surface area contributed by atoms with Crippen molar-refractivity contribution in [3.8, 4) is 50.8 Å². The van der Waals surface area contributed by atoms with Crippen LogP contribution in [0.1, 0.15) is 57.9 Å². The third-order valence-corrected chi connectivity index (χ3v) is 11.6. The summed E-state index contributed by atoms with van der Waals surface area (Å²) in [5.41, 5.74) is 16.3. The Morgan fingerprint density at radius 1 is 0.478 bits per heavy atom. The maximum absolute atomic E-state index is 9.57. The van der Waals surface area contributed by atoms with Crippen LogP contribution in [-0.2, 0) is 6.42 Å². The fourth-order valence-corrected chi connectivity index (χ4v) is 8.65. The molecule has 0 unspecified atom stereocenters. The minimum Gasteiger partial charge on any atom is -0.313 e. The van der Waals surface area contributed by atoms with E-state index >= 15 is 0 Å². The minimum absolute atomic E-state index is 0.676. The van der Waals surface area contributed by atoms with Gasteiger partial charge in [0.05, 0.1) is 28.2 Å². The molecule has 0 fully saturated rings. The van der Waals surface area contributed by atoms with E-state index in [0.717, 1.165) is 24.2 Å². The van der Waals surface area contributed by atoms with Crippen LogP contribution in [0.3, 0.4) is 0 Å². The molecule has 0 atom stereocenters. The van der Waals surface area contributed by atoms with E-state index in [1.165, 1.54) is 77.3 Å². The van der Waals surface area contributed by atoms with Crippen molar-refractivity contribution in [2.75, 3.05) is 0 Å². The molecule has 10 aromatic rings. The SMILES string of the molecule is C=C/C=C\C.CC.CC.N#Cc1cccc(-n2c3c(c4cc(-c5ccc(-c6ccc7c(c6)c6ccccc6n7-c6ccc(-c7ccccc7)cc6)cc5)ccc42)C=CCC3)c1.c1ccccc1. The van der Waals surface area contributed by atoms with Crippen LogP contribution >= 0.6 is 0 Å². The van der Waals surface area contributed by atoms with Gasteiger partial charge in [0, 0.05) is 38.8 Å². The van der Waals surface area contributed by atoms with Crippen LogP contribution < -0.4 is 0 Å². The number of fused-ring (bicyclic) bond motifs is 6. The van der Waals surface area contributed by atoms with Gasteiger partial charge in [-0.1, -0.05) is 204 Å². The Balaban J connectivity index is 0.000000389. The molecule has 8 aromatic carbocycles. The first kappa shape index (κ1) is 46.8. The average molecular weight is 870 g/mol. The topological polar surface area (TPSA) is 33.6 Å². The first-order valence-electron chi connectivity index (χ1n) is 23.5. The van der Waals surface area contributed by atoms with Crippen LogP contribution in [0, 0.1) is 11.3 Å². The maximum atomic E-state index is 9.57. The Bertz CT molecular complexity index is 3260. The van der Waals surface area contributed by atoms with Crippen LogP contribution in [0.5, 0.6) is 0 Å². The number of hydrogen-bond acceptors (Lipinski definition) is 1. The smallest absolute Gasteiger partial charge is 0.0992 e. The van der Waals surface area contributed by atoms with E-state index < -0.39 is 0 Å². The number of allylic oxidation sites excluding steroid dienone is 4. The normalized spacial score (nSPS) is 11.2. The molecule has 0 aliphatic heterocycles. The van der Waals surface area contributed by atoms with Crippen molar-refractivity contribution in [3.63, 3.8) is 0 Å². The maximum Gasteiger partial charge on any atom is 0.0992 e. The van der Waals surface area contributed by atoms with Crippen molar-refractivity contribution in [1.82, 2.24) is 9.13 Å². The molecule has 2 heterocycles. The molecule has 2 aromatic heterocycles. The van der Waals surface area contributed by atoms with Gasteiger partial charge in [-0.15, -0.1) is 0 Å². The summed E-state index contributed by atoms with van der Waals surface area (Å²) in [6.45, 7) is 13.4. The number of nitriles is 1. The number of nitrogens with zero attached hydrogens (tertiary/aromatic N) is 3. The summed E-state index contributed by atoms with van der Waals surface area (Å²) in [5.74, 6) is 0. The Morgan fingerprint density at radius 2 is 0.985 bits per heavy atom. The third kappa shape index (κ3) is 10.4. The highest BCUT2D eigenvalue weighted by atomic mass is 15.0. The molecule has 0 saturated heterocycles. The number of para-hydroxylation sites is 1. The second-order valence-corrected chi connectivity index (χ2v) is 15.5. The quantitative estimate of drug-likeness (QED) is 0.153. The van der Waals surface area contributed by atoms with Crippen LogP contribution in [0.25, 0.3) is 83.5 Å². The van der Waals surface area contributed by atoms with Crippen molar-refractivity contribution in [1.29, 1.82) is 5.26 Å². The van der Waals surface area contributed by atoms with Gasteiger partial charge >= 0.3 is 0 Å². The van der Waals surface area contributed by atoms with Crippen LogP contribution in [-0.4, -0.2) is 9.13 Å². The average Bonchev–Trinajstić information content (AvgIpc) is 3.93. The van der Waals surface area contributed by atoms with Crippen LogP contribution in [0.4, 0.5) is 0 Å². The number of hydrogen-bond donors (Lipinski definition) is 0. The van der Waals surface area contributed by atoms with Crippen molar-refractivity contribution in [2.45, 2.75) is 47.5 Å². The summed E-state index contributed by atoms with van der Waals surface area (Å²) in [5, 5.41) is 13.3. The molecule has 330 valence electrons. The lowest BCUT2D eigenvalue weighted by molar-refractivity contribution is 0.888. The second-order valence-electron chi connectivity index (χ2n) is 15.5. The lowest BCUT2D eigenvalue weighted by Crippen LogP contribution is -2.03. The Hall–Kier alpha value is -8.19. The zero-order valence-corrected chi connectivity index (χ0v) is 39.4. The fraction of sp³-hybridized carbons (Fsp3) is 0.109. The molecule has 1 aliphatic rings. The van der Waals surface area contributed by atoms with Gasteiger partial charge in [0.25, 0.3) is 0 Å². The number of aromatic nitrogens is 2. The highest BCUT2D eigenvalue weighted by Crippen LogP contribution is 2.39.